The summed E-state index contributed by atoms with van der Waals surface area (Å²) >= 11 is 1.75. The van der Waals surface area contributed by atoms with E-state index >= 15 is 0 Å². The van der Waals surface area contributed by atoms with Crippen molar-refractivity contribution in [2.75, 3.05) is 0 Å². The van der Waals surface area contributed by atoms with Crippen molar-refractivity contribution in [2.24, 2.45) is 11.8 Å². The fourth-order valence-corrected chi connectivity index (χ4v) is 3.76. The molecule has 1 heterocycles. The Labute approximate surface area is 96.1 Å². The molecule has 2 heteroatoms. The van der Waals surface area contributed by atoms with Crippen LogP contribution in [0.25, 0.3) is 0 Å². The molecule has 2 rings (SSSR count). The van der Waals surface area contributed by atoms with Crippen LogP contribution in [0.3, 0.4) is 0 Å². The first-order valence-corrected chi connectivity index (χ1v) is 6.63. The van der Waals surface area contributed by atoms with Crippen molar-refractivity contribution in [3.8, 4) is 0 Å². The Hall–Kier alpha value is -0.340. The molecule has 3 unspecified atom stereocenters. The molecular weight excluding hydrogens is 204 g/mol. The van der Waals surface area contributed by atoms with E-state index in [1.807, 2.05) is 0 Å². The largest absolute Gasteiger partial charge is 0.384 e. The zero-order chi connectivity index (χ0) is 11.1. The quantitative estimate of drug-likeness (QED) is 0.771. The highest BCUT2D eigenvalue weighted by Crippen LogP contribution is 2.45. The molecule has 0 spiro atoms. The number of aliphatic hydroxyl groups is 1. The average molecular weight is 224 g/mol. The molecule has 1 saturated carbocycles. The van der Waals surface area contributed by atoms with Crippen LogP contribution in [-0.2, 0) is 5.60 Å². The maximum absolute atomic E-state index is 10.8. The average Bonchev–Trinajstić information content (AvgIpc) is 2.60. The van der Waals surface area contributed by atoms with Crippen LogP contribution < -0.4 is 0 Å². The molecule has 0 amide bonds. The molecule has 1 aromatic rings. The summed E-state index contributed by atoms with van der Waals surface area (Å²) in [5.41, 5.74) is -0.550. The second-order valence-electron chi connectivity index (χ2n) is 5.12. The fourth-order valence-electron chi connectivity index (χ4n) is 2.66. The highest BCUT2D eigenvalue weighted by Gasteiger charge is 2.40. The van der Waals surface area contributed by atoms with Gasteiger partial charge in [-0.2, -0.15) is 0 Å². The highest BCUT2D eigenvalue weighted by atomic mass is 32.1. The second kappa shape index (κ2) is 3.91. The third-order valence-electron chi connectivity index (χ3n) is 3.76. The number of aryl methyl sites for hydroxylation is 1. The van der Waals surface area contributed by atoms with Gasteiger partial charge in [-0.15, -0.1) is 11.3 Å². The summed E-state index contributed by atoms with van der Waals surface area (Å²) < 4.78 is 0. The van der Waals surface area contributed by atoms with Gasteiger partial charge in [0.1, 0.15) is 5.60 Å². The maximum Gasteiger partial charge on any atom is 0.101 e. The van der Waals surface area contributed by atoms with Crippen LogP contribution in [0.5, 0.6) is 0 Å². The Morgan fingerprint density at radius 3 is 2.67 bits per heavy atom. The topological polar surface area (TPSA) is 20.2 Å². The van der Waals surface area contributed by atoms with Gasteiger partial charge in [0.15, 0.2) is 0 Å². The summed E-state index contributed by atoms with van der Waals surface area (Å²) in [6.45, 7) is 6.58. The van der Waals surface area contributed by atoms with Crippen molar-refractivity contribution in [1.82, 2.24) is 0 Å². The maximum atomic E-state index is 10.8. The number of hydrogen-bond acceptors (Lipinski definition) is 2. The molecule has 1 aliphatic rings. The van der Waals surface area contributed by atoms with Crippen LogP contribution in [-0.4, -0.2) is 5.11 Å². The predicted octanol–water partition coefficient (Wildman–Crippen LogP) is 3.70. The van der Waals surface area contributed by atoms with Crippen molar-refractivity contribution in [1.29, 1.82) is 0 Å². The lowest BCUT2D eigenvalue weighted by Gasteiger charge is -2.40. The minimum absolute atomic E-state index is 0.388. The van der Waals surface area contributed by atoms with E-state index < -0.39 is 5.60 Å². The van der Waals surface area contributed by atoms with Gasteiger partial charge in [0, 0.05) is 9.75 Å². The summed E-state index contributed by atoms with van der Waals surface area (Å²) in [5, 5.41) is 10.8. The van der Waals surface area contributed by atoms with Crippen molar-refractivity contribution < 1.29 is 5.11 Å². The van der Waals surface area contributed by atoms with E-state index in [-0.39, 0.29) is 0 Å². The van der Waals surface area contributed by atoms with E-state index in [4.69, 9.17) is 0 Å². The monoisotopic (exact) mass is 224 g/mol. The van der Waals surface area contributed by atoms with Crippen molar-refractivity contribution in [3.05, 3.63) is 21.9 Å². The Balaban J connectivity index is 2.26. The van der Waals surface area contributed by atoms with Gasteiger partial charge in [0.25, 0.3) is 0 Å². The van der Waals surface area contributed by atoms with Gasteiger partial charge < -0.3 is 5.11 Å². The van der Waals surface area contributed by atoms with E-state index in [9.17, 15) is 5.11 Å². The van der Waals surface area contributed by atoms with E-state index in [0.29, 0.717) is 5.92 Å². The van der Waals surface area contributed by atoms with E-state index in [1.165, 1.54) is 9.75 Å². The number of rotatable bonds is 1. The van der Waals surface area contributed by atoms with E-state index in [0.717, 1.165) is 25.2 Å². The summed E-state index contributed by atoms with van der Waals surface area (Å²) in [5.74, 6) is 1.15. The second-order valence-corrected chi connectivity index (χ2v) is 6.40. The predicted molar refractivity (Wildman–Crippen MR) is 65.1 cm³/mol. The summed E-state index contributed by atoms with van der Waals surface area (Å²) in [4.78, 5) is 2.46. The first-order chi connectivity index (χ1) is 7.02. The van der Waals surface area contributed by atoms with E-state index in [1.54, 1.807) is 11.3 Å². The van der Waals surface area contributed by atoms with Crippen molar-refractivity contribution in [3.63, 3.8) is 0 Å². The smallest absolute Gasteiger partial charge is 0.101 e. The lowest BCUT2D eigenvalue weighted by molar-refractivity contribution is -0.0557. The Kier molecular flexibility index (Phi) is 2.91. The lowest BCUT2D eigenvalue weighted by atomic mass is 9.71. The van der Waals surface area contributed by atoms with Crippen LogP contribution in [0.2, 0.25) is 0 Å². The van der Waals surface area contributed by atoms with Crippen molar-refractivity contribution >= 4 is 11.3 Å². The summed E-state index contributed by atoms with van der Waals surface area (Å²) in [6, 6.07) is 4.22. The number of thiophene rings is 1. The molecule has 1 aliphatic carbocycles. The van der Waals surface area contributed by atoms with E-state index in [2.05, 4.69) is 32.9 Å². The Morgan fingerprint density at radius 2 is 2.13 bits per heavy atom. The molecule has 0 aliphatic heterocycles. The van der Waals surface area contributed by atoms with Crippen LogP contribution in [0.4, 0.5) is 0 Å². The number of hydrogen-bond donors (Lipinski definition) is 1. The molecule has 1 N–H and O–H groups in total. The van der Waals surface area contributed by atoms with Gasteiger partial charge in [0.05, 0.1) is 0 Å². The molecule has 1 aromatic heterocycles. The summed E-state index contributed by atoms with van der Waals surface area (Å²) in [6.07, 6.45) is 3.22. The highest BCUT2D eigenvalue weighted by molar-refractivity contribution is 7.12. The Morgan fingerprint density at radius 1 is 1.40 bits per heavy atom. The fraction of sp³-hybridized carbons (Fsp3) is 0.692. The van der Waals surface area contributed by atoms with Crippen LogP contribution in [0.1, 0.15) is 42.9 Å². The van der Waals surface area contributed by atoms with Gasteiger partial charge in [-0.25, -0.2) is 0 Å². The van der Waals surface area contributed by atoms with Gasteiger partial charge in [0.2, 0.25) is 0 Å². The minimum Gasteiger partial charge on any atom is -0.384 e. The van der Waals surface area contributed by atoms with Crippen LogP contribution in [0.15, 0.2) is 12.1 Å². The molecule has 1 fully saturated rings. The zero-order valence-electron chi connectivity index (χ0n) is 9.79. The van der Waals surface area contributed by atoms with Crippen molar-refractivity contribution in [2.45, 2.75) is 45.6 Å². The minimum atomic E-state index is -0.550. The van der Waals surface area contributed by atoms with Gasteiger partial charge in [-0.05, 0) is 50.2 Å². The van der Waals surface area contributed by atoms with Gasteiger partial charge >= 0.3 is 0 Å². The third-order valence-corrected chi connectivity index (χ3v) is 4.92. The molecule has 1 nitrogen and oxygen atoms in total. The molecule has 0 aromatic carbocycles. The molecule has 0 bridgehead atoms. The third kappa shape index (κ3) is 1.98. The Bertz CT molecular complexity index is 344. The van der Waals surface area contributed by atoms with Crippen LogP contribution in [0, 0.1) is 18.8 Å². The molecule has 84 valence electrons. The lowest BCUT2D eigenvalue weighted by Crippen LogP contribution is -2.37. The molecular formula is C13H20OS. The zero-order valence-corrected chi connectivity index (χ0v) is 10.6. The standard InChI is InChI=1S/C13H20OS/c1-9-6-7-13(14,10(2)8-9)12-5-4-11(3)15-12/h4-5,9-10,14H,6-8H2,1-3H3. The summed E-state index contributed by atoms with van der Waals surface area (Å²) in [7, 11) is 0. The normalized spacial score (nSPS) is 36.8. The SMILES string of the molecule is Cc1ccc(C2(O)CCC(C)CC2C)s1. The molecule has 0 saturated heterocycles. The van der Waals surface area contributed by atoms with Gasteiger partial charge in [-0.3, -0.25) is 0 Å². The molecule has 0 radical (unpaired) electrons. The van der Waals surface area contributed by atoms with Gasteiger partial charge in [-0.1, -0.05) is 13.8 Å². The molecule has 15 heavy (non-hydrogen) atoms. The first kappa shape index (κ1) is 11.2. The van der Waals surface area contributed by atoms with Crippen LogP contribution >= 0.6 is 11.3 Å². The first-order valence-electron chi connectivity index (χ1n) is 5.81. The molecule has 3 atom stereocenters.